The van der Waals surface area contributed by atoms with Crippen LogP contribution in [-0.4, -0.2) is 47.3 Å². The first-order valence-electron chi connectivity index (χ1n) is 10.1. The summed E-state index contributed by atoms with van der Waals surface area (Å²) in [5.41, 5.74) is 4.80. The van der Waals surface area contributed by atoms with Crippen LogP contribution in [0.4, 0.5) is 5.69 Å². The molecule has 0 aliphatic carbocycles. The predicted molar refractivity (Wildman–Crippen MR) is 113 cm³/mol. The van der Waals surface area contributed by atoms with Gasteiger partial charge in [-0.25, -0.2) is 0 Å². The molecule has 3 heterocycles. The normalized spacial score (nSPS) is 18.1. The Morgan fingerprint density at radius 1 is 1.14 bits per heavy atom. The van der Waals surface area contributed by atoms with E-state index in [2.05, 4.69) is 52.9 Å². The molecule has 0 saturated carbocycles. The van der Waals surface area contributed by atoms with Crippen molar-refractivity contribution in [3.8, 4) is 0 Å². The second-order valence-electron chi connectivity index (χ2n) is 7.90. The van der Waals surface area contributed by atoms with E-state index in [9.17, 15) is 5.11 Å². The maximum atomic E-state index is 9.63. The van der Waals surface area contributed by atoms with Gasteiger partial charge in [-0.2, -0.15) is 0 Å². The molecule has 0 spiro atoms. The molecule has 0 amide bonds. The van der Waals surface area contributed by atoms with Crippen LogP contribution in [0.2, 0.25) is 0 Å². The summed E-state index contributed by atoms with van der Waals surface area (Å²) in [7, 11) is 0. The zero-order valence-corrected chi connectivity index (χ0v) is 17.0. The first-order valence-corrected chi connectivity index (χ1v) is 10.1. The molecular formula is C23H29N3O2. The van der Waals surface area contributed by atoms with Gasteiger partial charge in [0.05, 0.1) is 12.1 Å². The topological polar surface area (TPSA) is 52.7 Å². The van der Waals surface area contributed by atoms with Crippen LogP contribution in [0.15, 0.2) is 40.9 Å². The van der Waals surface area contributed by atoms with Crippen LogP contribution in [0.1, 0.15) is 29.1 Å². The Bertz CT molecular complexity index is 966. The molecule has 0 bridgehead atoms. The Morgan fingerprint density at radius 3 is 2.75 bits per heavy atom. The number of piperazine rings is 1. The molecule has 1 fully saturated rings. The molecule has 1 aliphatic rings. The van der Waals surface area contributed by atoms with Gasteiger partial charge in [0.15, 0.2) is 0 Å². The number of anilines is 1. The number of aromatic nitrogens is 1. The second-order valence-corrected chi connectivity index (χ2v) is 7.90. The van der Waals surface area contributed by atoms with Gasteiger partial charge in [0, 0.05) is 49.6 Å². The van der Waals surface area contributed by atoms with Crippen molar-refractivity contribution >= 4 is 16.6 Å². The highest BCUT2D eigenvalue weighted by Gasteiger charge is 2.28. The lowest BCUT2D eigenvalue weighted by molar-refractivity contribution is 0.127. The number of hydrogen-bond donors (Lipinski definition) is 1. The Labute approximate surface area is 166 Å². The average Bonchev–Trinajstić information content (AvgIpc) is 3.08. The van der Waals surface area contributed by atoms with Gasteiger partial charge in [-0.3, -0.25) is 9.88 Å². The molecule has 2 aromatic heterocycles. The van der Waals surface area contributed by atoms with Crippen LogP contribution in [0.3, 0.4) is 0 Å². The standard InChI is InChI=1S/C23H29N3O2/c1-16-12-17(2)23-21(13-16)22(6-8-24-23)26-10-9-25(19(14-26)7-11-27)15-20-5-4-18(3)28-20/h4-6,8,12-13,19,27H,7,9-11,14-15H2,1-3H3/t19-/m1/s1. The van der Waals surface area contributed by atoms with Gasteiger partial charge >= 0.3 is 0 Å². The van der Waals surface area contributed by atoms with Crippen molar-refractivity contribution in [3.63, 3.8) is 0 Å². The summed E-state index contributed by atoms with van der Waals surface area (Å²) < 4.78 is 5.78. The number of aliphatic hydroxyl groups excluding tert-OH is 1. The van der Waals surface area contributed by atoms with Gasteiger partial charge in [-0.1, -0.05) is 11.6 Å². The molecule has 1 aromatic carbocycles. The Hall–Kier alpha value is -2.37. The largest absolute Gasteiger partial charge is 0.465 e. The van der Waals surface area contributed by atoms with Crippen molar-refractivity contribution in [2.24, 2.45) is 0 Å². The fraction of sp³-hybridized carbons (Fsp3) is 0.435. The molecular weight excluding hydrogens is 350 g/mol. The van der Waals surface area contributed by atoms with Gasteiger partial charge < -0.3 is 14.4 Å². The van der Waals surface area contributed by atoms with E-state index in [1.807, 2.05) is 19.2 Å². The van der Waals surface area contributed by atoms with Crippen LogP contribution in [0, 0.1) is 20.8 Å². The van der Waals surface area contributed by atoms with E-state index in [4.69, 9.17) is 4.42 Å². The van der Waals surface area contributed by atoms with Crippen molar-refractivity contribution in [2.45, 2.75) is 39.8 Å². The fourth-order valence-corrected chi connectivity index (χ4v) is 4.39. The van der Waals surface area contributed by atoms with Gasteiger partial charge in [0.2, 0.25) is 0 Å². The number of hydrogen-bond acceptors (Lipinski definition) is 5. The molecule has 0 radical (unpaired) electrons. The fourth-order valence-electron chi connectivity index (χ4n) is 4.39. The van der Waals surface area contributed by atoms with Gasteiger partial charge in [-0.15, -0.1) is 0 Å². The highest BCUT2D eigenvalue weighted by atomic mass is 16.3. The summed E-state index contributed by atoms with van der Waals surface area (Å²) in [6, 6.07) is 10.9. The number of benzene rings is 1. The van der Waals surface area contributed by atoms with E-state index in [1.54, 1.807) is 0 Å². The van der Waals surface area contributed by atoms with E-state index < -0.39 is 0 Å². The highest BCUT2D eigenvalue weighted by molar-refractivity contribution is 5.94. The van der Waals surface area contributed by atoms with Crippen molar-refractivity contribution in [1.29, 1.82) is 0 Å². The number of pyridine rings is 1. The minimum atomic E-state index is 0.196. The monoisotopic (exact) mass is 379 g/mol. The molecule has 0 unspecified atom stereocenters. The van der Waals surface area contributed by atoms with Crippen LogP contribution in [-0.2, 0) is 6.54 Å². The minimum Gasteiger partial charge on any atom is -0.465 e. The highest BCUT2D eigenvalue weighted by Crippen LogP contribution is 2.31. The zero-order valence-electron chi connectivity index (χ0n) is 17.0. The van der Waals surface area contributed by atoms with E-state index in [1.165, 1.54) is 22.2 Å². The van der Waals surface area contributed by atoms with E-state index >= 15 is 0 Å². The minimum absolute atomic E-state index is 0.196. The molecule has 148 valence electrons. The molecule has 1 atom stereocenters. The third kappa shape index (κ3) is 3.77. The lowest BCUT2D eigenvalue weighted by Gasteiger charge is -2.42. The summed E-state index contributed by atoms with van der Waals surface area (Å²) >= 11 is 0. The van der Waals surface area contributed by atoms with Crippen molar-refractivity contribution in [3.05, 3.63) is 59.2 Å². The Morgan fingerprint density at radius 2 is 2.00 bits per heavy atom. The molecule has 1 aliphatic heterocycles. The van der Waals surface area contributed by atoms with Crippen molar-refractivity contribution in [1.82, 2.24) is 9.88 Å². The molecule has 28 heavy (non-hydrogen) atoms. The SMILES string of the molecule is Cc1cc(C)c2nccc(N3CCN(Cc4ccc(C)o4)[C@H](CCO)C3)c2c1. The molecule has 3 aromatic rings. The lowest BCUT2D eigenvalue weighted by atomic mass is 10.0. The van der Waals surface area contributed by atoms with Crippen LogP contribution in [0.25, 0.3) is 10.9 Å². The summed E-state index contributed by atoms with van der Waals surface area (Å²) in [6.07, 6.45) is 2.68. The molecule has 5 heteroatoms. The summed E-state index contributed by atoms with van der Waals surface area (Å²) in [5.74, 6) is 1.94. The number of aryl methyl sites for hydroxylation is 3. The number of furan rings is 1. The number of aliphatic hydroxyl groups is 1. The Balaban J connectivity index is 1.60. The number of rotatable bonds is 5. The first-order chi connectivity index (χ1) is 13.5. The van der Waals surface area contributed by atoms with Crippen LogP contribution < -0.4 is 4.90 Å². The predicted octanol–water partition coefficient (Wildman–Crippen LogP) is 3.83. The van der Waals surface area contributed by atoms with Crippen LogP contribution >= 0.6 is 0 Å². The van der Waals surface area contributed by atoms with Gasteiger partial charge in [0.25, 0.3) is 0 Å². The van der Waals surface area contributed by atoms with Crippen LogP contribution in [0.5, 0.6) is 0 Å². The Kier molecular flexibility index (Phi) is 5.38. The molecule has 1 N–H and O–H groups in total. The lowest BCUT2D eigenvalue weighted by Crippen LogP contribution is -2.53. The molecule has 5 nitrogen and oxygen atoms in total. The van der Waals surface area contributed by atoms with Gasteiger partial charge in [0.1, 0.15) is 11.5 Å². The third-order valence-corrected chi connectivity index (χ3v) is 5.72. The maximum absolute atomic E-state index is 9.63. The number of nitrogens with zero attached hydrogens (tertiary/aromatic N) is 3. The number of fused-ring (bicyclic) bond motifs is 1. The van der Waals surface area contributed by atoms with E-state index in [-0.39, 0.29) is 6.61 Å². The molecule has 4 rings (SSSR count). The second kappa shape index (κ2) is 7.94. The quantitative estimate of drug-likeness (QED) is 0.730. The zero-order chi connectivity index (χ0) is 19.7. The summed E-state index contributed by atoms with van der Waals surface area (Å²) in [4.78, 5) is 9.50. The first kappa shape index (κ1) is 19.0. The average molecular weight is 380 g/mol. The van der Waals surface area contributed by atoms with E-state index in [0.717, 1.165) is 49.6 Å². The smallest absolute Gasteiger partial charge is 0.118 e. The van der Waals surface area contributed by atoms with Crippen molar-refractivity contribution < 1.29 is 9.52 Å². The third-order valence-electron chi connectivity index (χ3n) is 5.72. The summed E-state index contributed by atoms with van der Waals surface area (Å²) in [6.45, 7) is 10.0. The van der Waals surface area contributed by atoms with Crippen molar-refractivity contribution in [2.75, 3.05) is 31.1 Å². The molecule has 1 saturated heterocycles. The van der Waals surface area contributed by atoms with E-state index in [0.29, 0.717) is 6.04 Å². The maximum Gasteiger partial charge on any atom is 0.118 e. The summed E-state index contributed by atoms with van der Waals surface area (Å²) in [5, 5.41) is 10.8. The van der Waals surface area contributed by atoms with Gasteiger partial charge in [-0.05, 0) is 57.0 Å².